The zero-order valence-corrected chi connectivity index (χ0v) is 26.6. The summed E-state index contributed by atoms with van der Waals surface area (Å²) in [4.78, 5) is 4.71. The molecule has 0 N–H and O–H groups in total. The lowest BCUT2D eigenvalue weighted by atomic mass is 9.86. The lowest BCUT2D eigenvalue weighted by Gasteiger charge is -2.19. The quantitative estimate of drug-likeness (QED) is 0.177. The summed E-state index contributed by atoms with van der Waals surface area (Å²) in [7, 11) is 0. The first-order valence-corrected chi connectivity index (χ1v) is 15.9. The van der Waals surface area contributed by atoms with E-state index in [1.807, 2.05) is 47.4 Å². The van der Waals surface area contributed by atoms with Gasteiger partial charge in [0.05, 0.1) is 22.9 Å². The number of aromatic nitrogens is 4. The Morgan fingerprint density at radius 3 is 2.40 bits per heavy atom. The minimum atomic E-state index is 0.474. The van der Waals surface area contributed by atoms with Crippen LogP contribution in [-0.4, -0.2) is 19.3 Å². The number of hydrogen-bond acceptors (Lipinski definition) is 3. The number of pyridine rings is 1. The van der Waals surface area contributed by atoms with Crippen molar-refractivity contribution >= 4 is 21.8 Å². The van der Waals surface area contributed by atoms with Gasteiger partial charge in [-0.3, -0.25) is 4.57 Å². The van der Waals surface area contributed by atoms with Crippen molar-refractivity contribution in [3.63, 3.8) is 0 Å². The van der Waals surface area contributed by atoms with Crippen LogP contribution in [0.5, 0.6) is 11.5 Å². The fraction of sp³-hybridized carbons (Fsp3) is 0.200. The Balaban J connectivity index is 1.25. The van der Waals surface area contributed by atoms with Gasteiger partial charge in [0.1, 0.15) is 17.3 Å². The average molecular weight is 591 g/mol. The summed E-state index contributed by atoms with van der Waals surface area (Å²) in [5.74, 6) is 2.89. The van der Waals surface area contributed by atoms with Crippen molar-refractivity contribution in [3.05, 3.63) is 132 Å². The number of nitrogens with zero attached hydrogens (tertiary/aromatic N) is 4. The summed E-state index contributed by atoms with van der Waals surface area (Å²) < 4.78 is 10.7. The van der Waals surface area contributed by atoms with Crippen molar-refractivity contribution in [1.29, 1.82) is 0 Å². The third kappa shape index (κ3) is 5.18. The first kappa shape index (κ1) is 28.6. The normalized spacial score (nSPS) is 11.6. The lowest BCUT2D eigenvalue weighted by molar-refractivity contribution is 0.483. The van der Waals surface area contributed by atoms with E-state index >= 15 is 0 Å². The Labute approximate surface area is 264 Å². The summed E-state index contributed by atoms with van der Waals surface area (Å²) in [5.41, 5.74) is 11.0. The maximum Gasteiger partial charge on any atom is 0.137 e. The highest BCUT2D eigenvalue weighted by Gasteiger charge is 2.18. The van der Waals surface area contributed by atoms with E-state index in [-0.39, 0.29) is 0 Å². The molecule has 0 bridgehead atoms. The number of rotatable bonds is 8. The second kappa shape index (κ2) is 11.7. The molecule has 0 radical (unpaired) electrons. The highest BCUT2D eigenvalue weighted by molar-refractivity contribution is 6.09. The van der Waals surface area contributed by atoms with E-state index in [2.05, 4.69) is 106 Å². The van der Waals surface area contributed by atoms with Gasteiger partial charge in [-0.15, -0.1) is 0 Å². The van der Waals surface area contributed by atoms with Crippen molar-refractivity contribution in [1.82, 2.24) is 19.3 Å². The van der Waals surface area contributed by atoms with Crippen LogP contribution in [0.25, 0.3) is 44.4 Å². The first-order chi connectivity index (χ1) is 21.9. The number of hydrogen-bond donors (Lipinski definition) is 0. The molecule has 0 unspecified atom stereocenters. The molecule has 0 aliphatic rings. The van der Waals surface area contributed by atoms with Crippen LogP contribution >= 0.6 is 0 Å². The molecule has 5 heteroatoms. The molecule has 5 nitrogen and oxygen atoms in total. The Bertz CT molecular complexity index is 2170. The van der Waals surface area contributed by atoms with Crippen LogP contribution in [0.3, 0.4) is 0 Å². The van der Waals surface area contributed by atoms with Crippen LogP contribution in [0.2, 0.25) is 0 Å². The molecule has 0 saturated carbocycles. The predicted molar refractivity (Wildman–Crippen MR) is 185 cm³/mol. The van der Waals surface area contributed by atoms with Crippen LogP contribution in [-0.2, 0) is 12.8 Å². The molecule has 7 rings (SSSR count). The summed E-state index contributed by atoms with van der Waals surface area (Å²) in [6.45, 7) is 11.1. The highest BCUT2D eigenvalue weighted by Crippen LogP contribution is 2.37. The Morgan fingerprint density at radius 1 is 0.778 bits per heavy atom. The number of fused-ring (bicyclic) bond motifs is 3. The van der Waals surface area contributed by atoms with Crippen molar-refractivity contribution in [2.75, 3.05) is 0 Å². The van der Waals surface area contributed by atoms with Gasteiger partial charge in [-0.05, 0) is 96.0 Å². The molecule has 0 aliphatic heterocycles. The van der Waals surface area contributed by atoms with Crippen LogP contribution in [0.4, 0.5) is 0 Å². The van der Waals surface area contributed by atoms with Crippen molar-refractivity contribution in [2.45, 2.75) is 53.4 Å². The van der Waals surface area contributed by atoms with Crippen LogP contribution < -0.4 is 4.74 Å². The number of aryl methyl sites for hydroxylation is 2. The standard InChI is InChI=1S/C40H38N4O/c1-6-28-15-17-34(26(3)4)33(7-2)40(28)29-24-42-43(25-29)30-11-10-12-31(22-30)45-32-16-18-36-35-13-8-9-14-37(35)44(38(36)23-32)39-21-27(5)19-20-41-39/h8-26H,6-7H2,1-5H3. The Hall–Kier alpha value is -5.16. The summed E-state index contributed by atoms with van der Waals surface area (Å²) >= 11 is 0. The molecule has 224 valence electrons. The summed E-state index contributed by atoms with van der Waals surface area (Å²) in [5, 5.41) is 7.16. The molecule has 0 spiro atoms. The van der Waals surface area contributed by atoms with E-state index in [4.69, 9.17) is 14.8 Å². The third-order valence-electron chi connectivity index (χ3n) is 8.76. The lowest BCUT2D eigenvalue weighted by Crippen LogP contribution is -2.01. The molecular formula is C40H38N4O. The van der Waals surface area contributed by atoms with Gasteiger partial charge in [0, 0.05) is 40.9 Å². The van der Waals surface area contributed by atoms with Gasteiger partial charge in [0.2, 0.25) is 0 Å². The van der Waals surface area contributed by atoms with E-state index in [0.717, 1.165) is 52.4 Å². The van der Waals surface area contributed by atoms with E-state index in [1.54, 1.807) is 0 Å². The van der Waals surface area contributed by atoms with Gasteiger partial charge >= 0.3 is 0 Å². The number of benzene rings is 4. The van der Waals surface area contributed by atoms with E-state index < -0.39 is 0 Å². The fourth-order valence-corrected chi connectivity index (χ4v) is 6.61. The SMILES string of the molecule is CCc1ccc(C(C)C)c(CC)c1-c1cnn(-c2cccc(Oc3ccc4c5ccccc5n(-c5cc(C)ccn5)c4c3)c2)c1. The first-order valence-electron chi connectivity index (χ1n) is 15.9. The molecule has 0 atom stereocenters. The van der Waals surface area contributed by atoms with Gasteiger partial charge in [0.15, 0.2) is 0 Å². The maximum atomic E-state index is 6.49. The van der Waals surface area contributed by atoms with Gasteiger partial charge in [-0.1, -0.05) is 64.1 Å². The van der Waals surface area contributed by atoms with Crippen LogP contribution in [0, 0.1) is 6.92 Å². The molecule has 0 saturated heterocycles. The molecule has 7 aromatic rings. The second-order valence-corrected chi connectivity index (χ2v) is 12.0. The highest BCUT2D eigenvalue weighted by atomic mass is 16.5. The molecule has 4 aromatic carbocycles. The smallest absolute Gasteiger partial charge is 0.137 e. The van der Waals surface area contributed by atoms with Gasteiger partial charge in [-0.2, -0.15) is 5.10 Å². The van der Waals surface area contributed by atoms with Crippen LogP contribution in [0.1, 0.15) is 55.9 Å². The predicted octanol–water partition coefficient (Wildman–Crippen LogP) is 10.4. The monoisotopic (exact) mass is 590 g/mol. The van der Waals surface area contributed by atoms with E-state index in [0.29, 0.717) is 5.92 Å². The summed E-state index contributed by atoms with van der Waals surface area (Å²) in [6.07, 6.45) is 7.99. The van der Waals surface area contributed by atoms with Gasteiger partial charge in [-0.25, -0.2) is 9.67 Å². The van der Waals surface area contributed by atoms with E-state index in [1.165, 1.54) is 38.6 Å². The molecule has 45 heavy (non-hydrogen) atoms. The molecular weight excluding hydrogens is 552 g/mol. The fourth-order valence-electron chi connectivity index (χ4n) is 6.61. The summed E-state index contributed by atoms with van der Waals surface area (Å²) in [6, 6.07) is 31.6. The Morgan fingerprint density at radius 2 is 1.60 bits per heavy atom. The van der Waals surface area contributed by atoms with Gasteiger partial charge in [0.25, 0.3) is 0 Å². The van der Waals surface area contributed by atoms with Crippen LogP contribution in [0.15, 0.2) is 110 Å². The molecule has 3 aromatic heterocycles. The largest absolute Gasteiger partial charge is 0.457 e. The van der Waals surface area contributed by atoms with Crippen molar-refractivity contribution in [2.24, 2.45) is 0 Å². The molecule has 3 heterocycles. The molecule has 0 fully saturated rings. The van der Waals surface area contributed by atoms with Crippen molar-refractivity contribution < 1.29 is 4.74 Å². The Kier molecular flexibility index (Phi) is 7.46. The molecule has 0 amide bonds. The maximum absolute atomic E-state index is 6.49. The third-order valence-corrected chi connectivity index (χ3v) is 8.76. The van der Waals surface area contributed by atoms with Gasteiger partial charge < -0.3 is 4.74 Å². The number of ether oxygens (including phenoxy) is 1. The zero-order valence-electron chi connectivity index (χ0n) is 26.6. The molecule has 0 aliphatic carbocycles. The van der Waals surface area contributed by atoms with E-state index in [9.17, 15) is 0 Å². The minimum Gasteiger partial charge on any atom is -0.457 e. The number of para-hydroxylation sites is 1. The second-order valence-electron chi connectivity index (χ2n) is 12.0. The average Bonchev–Trinajstić information content (AvgIpc) is 3.67. The minimum absolute atomic E-state index is 0.474. The zero-order chi connectivity index (χ0) is 31.1. The topological polar surface area (TPSA) is 44.9 Å². The van der Waals surface area contributed by atoms with Crippen molar-refractivity contribution in [3.8, 4) is 34.1 Å².